The van der Waals surface area contributed by atoms with E-state index in [4.69, 9.17) is 4.74 Å². The molecule has 0 unspecified atom stereocenters. The summed E-state index contributed by atoms with van der Waals surface area (Å²) in [5.74, 6) is 0.255. The number of para-hydroxylation sites is 1. The second kappa shape index (κ2) is 7.27. The maximum atomic E-state index is 12.7. The van der Waals surface area contributed by atoms with Crippen LogP contribution in [0.3, 0.4) is 0 Å². The van der Waals surface area contributed by atoms with Crippen LogP contribution in [0.1, 0.15) is 9.75 Å². The van der Waals surface area contributed by atoms with Gasteiger partial charge in [0.25, 0.3) is 0 Å². The number of methoxy groups -OCH3 is 1. The van der Waals surface area contributed by atoms with Gasteiger partial charge in [0.15, 0.2) is 0 Å². The zero-order chi connectivity index (χ0) is 17.9. The summed E-state index contributed by atoms with van der Waals surface area (Å²) in [7, 11) is -2.43. The largest absolute Gasteiger partial charge is 0.495 e. The minimum atomic E-state index is -3.84. The van der Waals surface area contributed by atoms with Gasteiger partial charge in [0.1, 0.15) is 16.2 Å². The maximum Gasteiger partial charge on any atom is 0.244 e. The number of benzene rings is 1. The van der Waals surface area contributed by atoms with Crippen molar-refractivity contribution >= 4 is 32.7 Å². The van der Waals surface area contributed by atoms with Gasteiger partial charge in [0.2, 0.25) is 10.0 Å². The average Bonchev–Trinajstić information content (AvgIpc) is 3.33. The summed E-state index contributed by atoms with van der Waals surface area (Å²) in [6.45, 7) is -0.172. The quantitative estimate of drug-likeness (QED) is 0.645. The molecule has 3 rings (SSSR count). The van der Waals surface area contributed by atoms with Crippen molar-refractivity contribution in [3.05, 3.63) is 69.0 Å². The summed E-state index contributed by atoms with van der Waals surface area (Å²) in [6, 6.07) is 13.6. The van der Waals surface area contributed by atoms with Crippen LogP contribution < -0.4 is 9.46 Å². The first kappa shape index (κ1) is 18.1. The van der Waals surface area contributed by atoms with Crippen LogP contribution in [0.25, 0.3) is 0 Å². The smallest absolute Gasteiger partial charge is 0.244 e. The molecule has 0 atom stereocenters. The third-order valence-electron chi connectivity index (χ3n) is 3.73. The Bertz CT molecular complexity index is 884. The van der Waals surface area contributed by atoms with Gasteiger partial charge in [-0.2, -0.15) is 0 Å². The van der Waals surface area contributed by atoms with Crippen LogP contribution >= 0.6 is 22.7 Å². The number of ether oxygens (including phenoxy) is 1. The number of thiophene rings is 2. The molecule has 0 aliphatic heterocycles. The van der Waals surface area contributed by atoms with E-state index in [1.807, 2.05) is 22.9 Å². The molecule has 8 heteroatoms. The van der Waals surface area contributed by atoms with Crippen LogP contribution in [0.2, 0.25) is 0 Å². The Morgan fingerprint density at radius 1 is 1.04 bits per heavy atom. The predicted molar refractivity (Wildman–Crippen MR) is 99.8 cm³/mol. The van der Waals surface area contributed by atoms with Gasteiger partial charge in [-0.15, -0.1) is 22.7 Å². The zero-order valence-electron chi connectivity index (χ0n) is 13.4. The van der Waals surface area contributed by atoms with Gasteiger partial charge >= 0.3 is 0 Å². The second-order valence-electron chi connectivity index (χ2n) is 5.29. The number of hydrogen-bond donors (Lipinski definition) is 2. The van der Waals surface area contributed by atoms with E-state index in [-0.39, 0.29) is 17.2 Å². The molecule has 0 bridgehead atoms. The Morgan fingerprint density at radius 3 is 2.16 bits per heavy atom. The number of nitrogens with one attached hydrogen (secondary N) is 1. The zero-order valence-corrected chi connectivity index (χ0v) is 15.8. The Labute approximate surface area is 154 Å². The molecule has 0 spiro atoms. The fourth-order valence-electron chi connectivity index (χ4n) is 2.44. The molecule has 0 saturated heterocycles. The highest BCUT2D eigenvalue weighted by atomic mass is 32.2. The second-order valence-corrected chi connectivity index (χ2v) is 8.92. The van der Waals surface area contributed by atoms with Crippen LogP contribution in [-0.2, 0) is 15.6 Å². The van der Waals surface area contributed by atoms with Crippen molar-refractivity contribution in [2.75, 3.05) is 13.7 Å². The lowest BCUT2D eigenvalue weighted by molar-refractivity contribution is 0.0937. The number of sulfonamides is 1. The van der Waals surface area contributed by atoms with Crippen molar-refractivity contribution in [2.24, 2.45) is 0 Å². The van der Waals surface area contributed by atoms with Crippen molar-refractivity contribution in [2.45, 2.75) is 10.5 Å². The Balaban J connectivity index is 1.92. The average molecular weight is 396 g/mol. The minimum Gasteiger partial charge on any atom is -0.495 e. The molecular formula is C17H17NO4S3. The first-order chi connectivity index (χ1) is 12.0. The molecule has 2 aromatic heterocycles. The highest BCUT2D eigenvalue weighted by Gasteiger charge is 2.35. The van der Waals surface area contributed by atoms with Crippen LogP contribution in [-0.4, -0.2) is 27.2 Å². The Hall–Kier alpha value is -1.71. The lowest BCUT2D eigenvalue weighted by Gasteiger charge is -2.26. The fraction of sp³-hybridized carbons (Fsp3) is 0.176. The lowest BCUT2D eigenvalue weighted by Crippen LogP contribution is -2.40. The predicted octanol–water partition coefficient (Wildman–Crippen LogP) is 3.03. The van der Waals surface area contributed by atoms with E-state index in [1.54, 1.807) is 30.3 Å². The van der Waals surface area contributed by atoms with E-state index in [1.165, 1.54) is 35.8 Å². The molecule has 0 fully saturated rings. The molecule has 0 amide bonds. The van der Waals surface area contributed by atoms with Crippen LogP contribution in [0, 0.1) is 0 Å². The summed E-state index contributed by atoms with van der Waals surface area (Å²) in [4.78, 5) is 1.40. The molecule has 132 valence electrons. The number of rotatable bonds is 7. The van der Waals surface area contributed by atoms with Crippen molar-refractivity contribution in [1.82, 2.24) is 4.72 Å². The van der Waals surface area contributed by atoms with Gasteiger partial charge < -0.3 is 9.84 Å². The third-order valence-corrected chi connectivity index (χ3v) is 7.22. The molecule has 0 aliphatic rings. The van der Waals surface area contributed by atoms with Crippen LogP contribution in [0.5, 0.6) is 5.75 Å². The Morgan fingerprint density at radius 2 is 1.64 bits per heavy atom. The maximum absolute atomic E-state index is 12.7. The molecule has 2 heterocycles. The van der Waals surface area contributed by atoms with Gasteiger partial charge in [-0.1, -0.05) is 24.3 Å². The summed E-state index contributed by atoms with van der Waals surface area (Å²) < 4.78 is 33.1. The van der Waals surface area contributed by atoms with Crippen LogP contribution in [0.15, 0.2) is 64.2 Å². The molecule has 1 aromatic carbocycles. The van der Waals surface area contributed by atoms with Crippen LogP contribution in [0.4, 0.5) is 0 Å². The molecule has 0 radical (unpaired) electrons. The van der Waals surface area contributed by atoms with Gasteiger partial charge in [0, 0.05) is 16.3 Å². The van der Waals surface area contributed by atoms with E-state index < -0.39 is 15.6 Å². The lowest BCUT2D eigenvalue weighted by atomic mass is 10.0. The normalized spacial score (nSPS) is 12.2. The molecule has 0 saturated carbocycles. The SMILES string of the molecule is COc1ccccc1S(=O)(=O)NCC(O)(c1cccs1)c1cccs1. The standard InChI is InChI=1S/C17H17NO4S3/c1-22-13-6-2-3-7-14(13)25(20,21)18-12-17(19,15-8-4-10-23-15)16-9-5-11-24-16/h2-11,18-19H,12H2,1H3. The first-order valence-corrected chi connectivity index (χ1v) is 10.6. The third kappa shape index (κ3) is 3.63. The molecular weight excluding hydrogens is 378 g/mol. The van der Waals surface area contributed by atoms with E-state index in [0.717, 1.165) is 0 Å². The van der Waals surface area contributed by atoms with Gasteiger partial charge in [-0.3, -0.25) is 0 Å². The monoisotopic (exact) mass is 395 g/mol. The highest BCUT2D eigenvalue weighted by Crippen LogP contribution is 2.35. The molecule has 0 aliphatic carbocycles. The van der Waals surface area contributed by atoms with Crippen molar-refractivity contribution in [1.29, 1.82) is 0 Å². The number of hydrogen-bond acceptors (Lipinski definition) is 6. The van der Waals surface area contributed by atoms with E-state index in [2.05, 4.69) is 4.72 Å². The first-order valence-electron chi connectivity index (χ1n) is 7.40. The highest BCUT2D eigenvalue weighted by molar-refractivity contribution is 7.89. The molecule has 25 heavy (non-hydrogen) atoms. The van der Waals surface area contributed by atoms with E-state index in [9.17, 15) is 13.5 Å². The summed E-state index contributed by atoms with van der Waals surface area (Å²) in [5, 5.41) is 14.9. The molecule has 2 N–H and O–H groups in total. The van der Waals surface area contributed by atoms with Gasteiger partial charge in [-0.05, 0) is 35.0 Å². The summed E-state index contributed by atoms with van der Waals surface area (Å²) in [6.07, 6.45) is 0. The van der Waals surface area contributed by atoms with Gasteiger partial charge in [0.05, 0.1) is 7.11 Å². The van der Waals surface area contributed by atoms with Gasteiger partial charge in [-0.25, -0.2) is 13.1 Å². The topological polar surface area (TPSA) is 75.6 Å². The van der Waals surface area contributed by atoms with E-state index >= 15 is 0 Å². The molecule has 3 aromatic rings. The van der Waals surface area contributed by atoms with E-state index in [0.29, 0.717) is 9.75 Å². The Kier molecular flexibility index (Phi) is 5.26. The van der Waals surface area contributed by atoms with Crippen molar-refractivity contribution in [3.63, 3.8) is 0 Å². The van der Waals surface area contributed by atoms with Crippen molar-refractivity contribution in [3.8, 4) is 5.75 Å². The summed E-state index contributed by atoms with van der Waals surface area (Å²) in [5.41, 5.74) is -1.42. The number of aliphatic hydroxyl groups is 1. The summed E-state index contributed by atoms with van der Waals surface area (Å²) >= 11 is 2.76. The molecule has 5 nitrogen and oxygen atoms in total. The fourth-order valence-corrected chi connectivity index (χ4v) is 5.41. The minimum absolute atomic E-state index is 0.0391. The van der Waals surface area contributed by atoms with Crippen molar-refractivity contribution < 1.29 is 18.3 Å².